The van der Waals surface area contributed by atoms with Crippen LogP contribution < -0.4 is 9.91 Å². The number of aromatic nitrogens is 1. The molecule has 4 rings (SSSR count). The Hall–Kier alpha value is -3.52. The first-order chi connectivity index (χ1) is 14.0. The third-order valence-corrected chi connectivity index (χ3v) is 5.18. The maximum absolute atomic E-state index is 13.6. The number of fused-ring (bicyclic) bond motifs is 1. The first kappa shape index (κ1) is 18.8. The van der Waals surface area contributed by atoms with Gasteiger partial charge < -0.3 is 9.32 Å². The number of thiazole rings is 1. The van der Waals surface area contributed by atoms with Crippen molar-refractivity contribution in [2.45, 2.75) is 0 Å². The molecule has 0 unspecified atom stereocenters. The Kier molecular flexibility index (Phi) is 5.09. The topological polar surface area (TPSA) is 61.9 Å². The Labute approximate surface area is 170 Å². The second-order valence-electron chi connectivity index (χ2n) is 6.43. The van der Waals surface area contributed by atoms with E-state index in [0.717, 1.165) is 5.69 Å². The lowest BCUT2D eigenvalue weighted by atomic mass is 10.2. The predicted molar refractivity (Wildman–Crippen MR) is 113 cm³/mol. The molecule has 1 amide bonds. The van der Waals surface area contributed by atoms with Gasteiger partial charge in [-0.2, -0.15) is 10.1 Å². The van der Waals surface area contributed by atoms with Crippen molar-refractivity contribution in [3.05, 3.63) is 78.0 Å². The van der Waals surface area contributed by atoms with Crippen molar-refractivity contribution < 1.29 is 13.6 Å². The molecule has 6 nitrogen and oxygen atoms in total. The zero-order chi connectivity index (χ0) is 20.4. The summed E-state index contributed by atoms with van der Waals surface area (Å²) in [7, 11) is 3.86. The summed E-state index contributed by atoms with van der Waals surface area (Å²) in [5.74, 6) is -0.209. The normalized spacial score (nSPS) is 11.3. The largest absolute Gasteiger partial charge is 0.463 e. The molecule has 4 aromatic rings. The number of rotatable bonds is 5. The van der Waals surface area contributed by atoms with Crippen molar-refractivity contribution in [3.8, 4) is 0 Å². The van der Waals surface area contributed by atoms with Crippen LogP contribution in [0.15, 0.2) is 70.4 Å². The number of carbonyl (C=O) groups excluding carboxylic acids is 1. The Bertz CT molecular complexity index is 1170. The average Bonchev–Trinajstić information content (AvgIpc) is 3.37. The van der Waals surface area contributed by atoms with Crippen molar-refractivity contribution >= 4 is 44.5 Å². The fourth-order valence-electron chi connectivity index (χ4n) is 2.67. The second kappa shape index (κ2) is 7.84. The Morgan fingerprint density at radius 3 is 2.66 bits per heavy atom. The first-order valence-electron chi connectivity index (χ1n) is 8.77. The molecule has 0 atom stereocenters. The molecule has 0 aliphatic rings. The Morgan fingerprint density at radius 2 is 1.97 bits per heavy atom. The van der Waals surface area contributed by atoms with E-state index in [4.69, 9.17) is 4.42 Å². The predicted octanol–water partition coefficient (Wildman–Crippen LogP) is 4.78. The summed E-state index contributed by atoms with van der Waals surface area (Å²) in [4.78, 5) is 19.6. The summed E-state index contributed by atoms with van der Waals surface area (Å²) in [5.41, 5.74) is 2.03. The molecule has 2 aromatic heterocycles. The lowest BCUT2D eigenvalue weighted by Gasteiger charge is -2.15. The van der Waals surface area contributed by atoms with Crippen LogP contribution in [-0.4, -0.2) is 31.2 Å². The zero-order valence-corrected chi connectivity index (χ0v) is 16.6. The summed E-state index contributed by atoms with van der Waals surface area (Å²) in [6.45, 7) is 0. The van der Waals surface area contributed by atoms with Gasteiger partial charge in [0.05, 0.1) is 22.7 Å². The minimum absolute atomic E-state index is 0.343. The third kappa shape index (κ3) is 4.02. The van der Waals surface area contributed by atoms with Gasteiger partial charge in [-0.25, -0.2) is 9.37 Å². The quantitative estimate of drug-likeness (QED) is 0.352. The molecule has 0 N–H and O–H groups in total. The summed E-state index contributed by atoms with van der Waals surface area (Å²) < 4.78 is 19.5. The highest BCUT2D eigenvalue weighted by molar-refractivity contribution is 7.22. The number of hydrogen-bond acceptors (Lipinski definition) is 6. The molecule has 0 spiro atoms. The second-order valence-corrected chi connectivity index (χ2v) is 7.44. The van der Waals surface area contributed by atoms with Crippen LogP contribution in [0, 0.1) is 5.82 Å². The van der Waals surface area contributed by atoms with Crippen LogP contribution in [0.4, 0.5) is 15.2 Å². The van der Waals surface area contributed by atoms with Crippen LogP contribution in [0.2, 0.25) is 0 Å². The van der Waals surface area contributed by atoms with Crippen LogP contribution in [-0.2, 0) is 0 Å². The minimum Gasteiger partial charge on any atom is -0.463 e. The van der Waals surface area contributed by atoms with E-state index in [1.54, 1.807) is 30.3 Å². The molecule has 0 saturated heterocycles. The van der Waals surface area contributed by atoms with Gasteiger partial charge in [-0.15, -0.1) is 0 Å². The molecule has 2 heterocycles. The molecule has 0 saturated carbocycles. The Morgan fingerprint density at radius 1 is 1.17 bits per heavy atom. The molecular formula is C21H17FN4O2S. The highest BCUT2D eigenvalue weighted by Crippen LogP contribution is 2.30. The van der Waals surface area contributed by atoms with Gasteiger partial charge in [0.1, 0.15) is 11.6 Å². The van der Waals surface area contributed by atoms with E-state index in [9.17, 15) is 9.18 Å². The molecule has 146 valence electrons. The van der Waals surface area contributed by atoms with Gasteiger partial charge in [-0.3, -0.25) is 4.79 Å². The number of benzene rings is 2. The molecule has 8 heteroatoms. The van der Waals surface area contributed by atoms with E-state index < -0.39 is 0 Å². The number of amides is 1. The van der Waals surface area contributed by atoms with Crippen LogP contribution in [0.3, 0.4) is 0 Å². The van der Waals surface area contributed by atoms with Crippen molar-refractivity contribution in [2.75, 3.05) is 24.0 Å². The highest BCUT2D eigenvalue weighted by atomic mass is 32.1. The lowest BCUT2D eigenvalue weighted by Crippen LogP contribution is -2.25. The maximum Gasteiger partial charge on any atom is 0.280 e. The molecule has 0 fully saturated rings. The first-order valence-corrected chi connectivity index (χ1v) is 9.58. The zero-order valence-electron chi connectivity index (χ0n) is 15.7. The van der Waals surface area contributed by atoms with Crippen LogP contribution in [0.25, 0.3) is 10.2 Å². The number of anilines is 2. The maximum atomic E-state index is 13.6. The molecule has 0 bridgehead atoms. The average molecular weight is 408 g/mol. The summed E-state index contributed by atoms with van der Waals surface area (Å²) in [6.07, 6.45) is 2.96. The number of furan rings is 1. The van der Waals surface area contributed by atoms with Crippen LogP contribution in [0.1, 0.15) is 16.1 Å². The van der Waals surface area contributed by atoms with Crippen molar-refractivity contribution in [1.82, 2.24) is 4.98 Å². The van der Waals surface area contributed by atoms with Gasteiger partial charge in [0.2, 0.25) is 5.13 Å². The van der Waals surface area contributed by atoms with E-state index in [0.29, 0.717) is 26.7 Å². The molecule has 2 aromatic carbocycles. The SMILES string of the molecule is CN(C)c1ccc(C(=O)N(/N=C/c2ccco2)c2nc3ccc(F)cc3s2)cc1. The summed E-state index contributed by atoms with van der Waals surface area (Å²) in [6, 6.07) is 14.9. The van der Waals surface area contributed by atoms with Crippen LogP contribution in [0.5, 0.6) is 0 Å². The van der Waals surface area contributed by atoms with Gasteiger partial charge in [0.25, 0.3) is 5.91 Å². The van der Waals surface area contributed by atoms with E-state index in [2.05, 4.69) is 10.1 Å². The standard InChI is InChI=1S/C21H17FN4O2S/c1-25(2)16-8-5-14(6-9-16)20(27)26(23-13-17-4-3-11-28-17)21-24-18-10-7-15(22)12-19(18)29-21/h3-13H,1-2H3/b23-13+. The molecule has 29 heavy (non-hydrogen) atoms. The third-order valence-electron chi connectivity index (χ3n) is 4.19. The number of nitrogens with zero attached hydrogens (tertiary/aromatic N) is 4. The molecular weight excluding hydrogens is 391 g/mol. The number of halogens is 1. The van der Waals surface area contributed by atoms with Crippen molar-refractivity contribution in [1.29, 1.82) is 0 Å². The number of hydrazone groups is 1. The number of hydrogen-bond donors (Lipinski definition) is 0. The molecule has 0 radical (unpaired) electrons. The molecule has 0 aliphatic carbocycles. The molecule has 0 aliphatic heterocycles. The van der Waals surface area contributed by atoms with Crippen molar-refractivity contribution in [2.24, 2.45) is 5.10 Å². The van der Waals surface area contributed by atoms with E-state index in [1.807, 2.05) is 31.1 Å². The summed E-state index contributed by atoms with van der Waals surface area (Å²) >= 11 is 1.19. The summed E-state index contributed by atoms with van der Waals surface area (Å²) in [5, 5.41) is 5.84. The van der Waals surface area contributed by atoms with Gasteiger partial charge in [-0.1, -0.05) is 11.3 Å². The van der Waals surface area contributed by atoms with Gasteiger partial charge >= 0.3 is 0 Å². The van der Waals surface area contributed by atoms with Gasteiger partial charge in [0, 0.05) is 25.3 Å². The van der Waals surface area contributed by atoms with Gasteiger partial charge in [-0.05, 0) is 54.6 Å². The Balaban J connectivity index is 1.73. The minimum atomic E-state index is -0.357. The van der Waals surface area contributed by atoms with E-state index >= 15 is 0 Å². The fraction of sp³-hybridized carbons (Fsp3) is 0.0952. The fourth-order valence-corrected chi connectivity index (χ4v) is 3.62. The van der Waals surface area contributed by atoms with E-state index in [1.165, 1.54) is 41.0 Å². The lowest BCUT2D eigenvalue weighted by molar-refractivity contribution is 0.0988. The van der Waals surface area contributed by atoms with Gasteiger partial charge in [0.15, 0.2) is 0 Å². The monoisotopic (exact) mass is 408 g/mol. The van der Waals surface area contributed by atoms with Crippen LogP contribution >= 0.6 is 11.3 Å². The highest BCUT2D eigenvalue weighted by Gasteiger charge is 2.21. The van der Waals surface area contributed by atoms with E-state index in [-0.39, 0.29) is 11.7 Å². The van der Waals surface area contributed by atoms with Crippen molar-refractivity contribution in [3.63, 3.8) is 0 Å². The smallest absolute Gasteiger partial charge is 0.280 e. The number of carbonyl (C=O) groups is 1.